The Labute approximate surface area is 95.7 Å². The molecule has 1 aliphatic rings. The predicted molar refractivity (Wildman–Crippen MR) is 68.3 cm³/mol. The van der Waals surface area contributed by atoms with Crippen molar-refractivity contribution in [1.29, 1.82) is 0 Å². The summed E-state index contributed by atoms with van der Waals surface area (Å²) < 4.78 is 6.49. The highest BCUT2D eigenvalue weighted by atomic mass is 28.4. The van der Waals surface area contributed by atoms with E-state index in [2.05, 4.69) is 26.7 Å². The Kier molecular flexibility index (Phi) is 4.42. The lowest BCUT2D eigenvalue weighted by Crippen LogP contribution is -2.45. The Bertz CT molecular complexity index is 223. The smallest absolute Gasteiger partial charge is 0.194 e. The summed E-state index contributed by atoms with van der Waals surface area (Å²) in [7, 11) is -1.52. The monoisotopic (exact) mass is 224 g/mol. The lowest BCUT2D eigenvalue weighted by atomic mass is 10.1. The third-order valence-corrected chi connectivity index (χ3v) is 8.71. The Morgan fingerprint density at radius 3 is 1.93 bits per heavy atom. The van der Waals surface area contributed by atoms with Crippen LogP contribution < -0.4 is 0 Å². The van der Waals surface area contributed by atoms with Gasteiger partial charge in [0.15, 0.2) is 8.32 Å². The fraction of sp³-hybridized carbons (Fsp3) is 0.846. The van der Waals surface area contributed by atoms with Crippen LogP contribution in [-0.2, 0) is 4.43 Å². The molecule has 15 heavy (non-hydrogen) atoms. The molecule has 0 aliphatic heterocycles. The minimum atomic E-state index is -1.52. The van der Waals surface area contributed by atoms with Gasteiger partial charge in [0.25, 0.3) is 0 Å². The molecule has 0 spiro atoms. The van der Waals surface area contributed by atoms with Gasteiger partial charge < -0.3 is 4.43 Å². The number of terminal acetylenes is 1. The third-order valence-electron chi connectivity index (χ3n) is 4.02. The van der Waals surface area contributed by atoms with Crippen LogP contribution in [0, 0.1) is 12.3 Å². The first kappa shape index (κ1) is 12.8. The van der Waals surface area contributed by atoms with Crippen molar-refractivity contribution >= 4 is 8.32 Å². The van der Waals surface area contributed by atoms with Gasteiger partial charge in [0.2, 0.25) is 0 Å². The van der Waals surface area contributed by atoms with E-state index >= 15 is 0 Å². The molecule has 1 saturated carbocycles. The summed E-state index contributed by atoms with van der Waals surface area (Å²) in [6.45, 7) is 6.79. The van der Waals surface area contributed by atoms with Crippen LogP contribution >= 0.6 is 0 Å². The Morgan fingerprint density at radius 2 is 1.60 bits per heavy atom. The second-order valence-electron chi connectivity index (χ2n) is 4.69. The van der Waals surface area contributed by atoms with Crippen LogP contribution in [0.4, 0.5) is 0 Å². The fourth-order valence-corrected chi connectivity index (χ4v) is 5.63. The molecule has 0 saturated heterocycles. The molecule has 0 amide bonds. The normalized spacial score (nSPS) is 20.1. The van der Waals surface area contributed by atoms with Crippen LogP contribution in [0.3, 0.4) is 0 Å². The molecule has 0 radical (unpaired) electrons. The zero-order valence-corrected chi connectivity index (χ0v) is 11.4. The molecule has 1 nitrogen and oxygen atoms in total. The molecule has 0 aromatic heterocycles. The third kappa shape index (κ3) is 2.65. The van der Waals surface area contributed by atoms with Crippen LogP contribution in [0.15, 0.2) is 0 Å². The van der Waals surface area contributed by atoms with E-state index in [1.54, 1.807) is 0 Å². The van der Waals surface area contributed by atoms with E-state index in [0.717, 1.165) is 12.8 Å². The molecule has 0 heterocycles. The van der Waals surface area contributed by atoms with Gasteiger partial charge in [-0.15, -0.1) is 6.42 Å². The first-order valence-corrected chi connectivity index (χ1v) is 8.87. The van der Waals surface area contributed by atoms with Crippen LogP contribution in [-0.4, -0.2) is 13.9 Å². The first-order chi connectivity index (χ1) is 7.16. The lowest BCUT2D eigenvalue weighted by Gasteiger charge is -2.37. The molecule has 0 N–H and O–H groups in total. The molecule has 0 atom stereocenters. The van der Waals surface area contributed by atoms with E-state index in [4.69, 9.17) is 10.8 Å². The van der Waals surface area contributed by atoms with Crippen LogP contribution in [0.5, 0.6) is 0 Å². The van der Waals surface area contributed by atoms with Crippen molar-refractivity contribution in [2.75, 3.05) is 0 Å². The van der Waals surface area contributed by atoms with Gasteiger partial charge in [-0.3, -0.25) is 0 Å². The SMILES string of the molecule is C#CC1(O[Si](CC)(CC)CC)CCCC1. The van der Waals surface area contributed by atoms with Crippen molar-refractivity contribution in [2.24, 2.45) is 0 Å². The summed E-state index contributed by atoms with van der Waals surface area (Å²) in [5.74, 6) is 2.95. The summed E-state index contributed by atoms with van der Waals surface area (Å²) in [4.78, 5) is 0. The van der Waals surface area contributed by atoms with Crippen molar-refractivity contribution in [3.05, 3.63) is 0 Å². The molecular formula is C13H24OSi. The summed E-state index contributed by atoms with van der Waals surface area (Å²) >= 11 is 0. The highest BCUT2D eigenvalue weighted by Gasteiger charge is 2.41. The largest absolute Gasteiger partial charge is 0.401 e. The second-order valence-corrected chi connectivity index (χ2v) is 9.38. The molecule has 0 aromatic rings. The Morgan fingerprint density at radius 1 is 1.13 bits per heavy atom. The number of hydrogen-bond donors (Lipinski definition) is 0. The summed E-state index contributed by atoms with van der Waals surface area (Å²) in [6, 6.07) is 3.59. The van der Waals surface area contributed by atoms with Gasteiger partial charge in [-0.05, 0) is 43.8 Å². The van der Waals surface area contributed by atoms with E-state index in [-0.39, 0.29) is 5.60 Å². The molecule has 86 valence electrons. The molecule has 2 heteroatoms. The minimum absolute atomic E-state index is 0.186. The second kappa shape index (κ2) is 5.18. The van der Waals surface area contributed by atoms with E-state index < -0.39 is 8.32 Å². The average molecular weight is 224 g/mol. The summed E-state index contributed by atoms with van der Waals surface area (Å²) in [6.07, 6.45) is 10.3. The van der Waals surface area contributed by atoms with Gasteiger partial charge in [0.05, 0.1) is 0 Å². The maximum atomic E-state index is 6.49. The molecular weight excluding hydrogens is 200 g/mol. The van der Waals surface area contributed by atoms with Crippen molar-refractivity contribution in [1.82, 2.24) is 0 Å². The minimum Gasteiger partial charge on any atom is -0.401 e. The van der Waals surface area contributed by atoms with E-state index in [1.807, 2.05) is 0 Å². The Hall–Kier alpha value is -0.263. The van der Waals surface area contributed by atoms with Gasteiger partial charge >= 0.3 is 0 Å². The van der Waals surface area contributed by atoms with Crippen molar-refractivity contribution in [3.63, 3.8) is 0 Å². The fourth-order valence-electron chi connectivity index (χ4n) is 2.60. The van der Waals surface area contributed by atoms with Gasteiger partial charge in [0, 0.05) is 0 Å². The van der Waals surface area contributed by atoms with E-state index in [1.165, 1.54) is 31.0 Å². The first-order valence-electron chi connectivity index (χ1n) is 6.34. The molecule has 1 fully saturated rings. The number of rotatable bonds is 5. The highest BCUT2D eigenvalue weighted by Crippen LogP contribution is 2.38. The molecule has 1 rings (SSSR count). The van der Waals surface area contributed by atoms with Crippen LogP contribution in [0.25, 0.3) is 0 Å². The molecule has 0 bridgehead atoms. The van der Waals surface area contributed by atoms with Gasteiger partial charge in [0.1, 0.15) is 5.60 Å². The van der Waals surface area contributed by atoms with Crippen molar-refractivity contribution in [2.45, 2.75) is 70.2 Å². The van der Waals surface area contributed by atoms with E-state index in [0.29, 0.717) is 0 Å². The maximum Gasteiger partial charge on any atom is 0.194 e. The zero-order valence-electron chi connectivity index (χ0n) is 10.4. The van der Waals surface area contributed by atoms with Crippen molar-refractivity contribution in [3.8, 4) is 12.3 Å². The standard InChI is InChI=1S/C13H24OSi/c1-5-13(11-9-10-12-13)14-15(6-2,7-3)8-4/h1H,6-12H2,2-4H3. The Balaban J connectivity index is 2.76. The topological polar surface area (TPSA) is 9.23 Å². The average Bonchev–Trinajstić information content (AvgIpc) is 2.75. The van der Waals surface area contributed by atoms with Gasteiger partial charge in [-0.25, -0.2) is 0 Å². The maximum absolute atomic E-state index is 6.49. The summed E-state index contributed by atoms with van der Waals surface area (Å²) in [5.41, 5.74) is -0.186. The van der Waals surface area contributed by atoms with Crippen LogP contribution in [0.2, 0.25) is 18.1 Å². The quantitative estimate of drug-likeness (QED) is 0.507. The van der Waals surface area contributed by atoms with Crippen molar-refractivity contribution < 1.29 is 4.43 Å². The lowest BCUT2D eigenvalue weighted by molar-refractivity contribution is 0.124. The number of hydrogen-bond acceptors (Lipinski definition) is 1. The molecule has 0 unspecified atom stereocenters. The predicted octanol–water partition coefficient (Wildman–Crippen LogP) is 3.95. The highest BCUT2D eigenvalue weighted by molar-refractivity contribution is 6.73. The molecule has 0 aromatic carbocycles. The summed E-state index contributed by atoms with van der Waals surface area (Å²) in [5, 5.41) is 0. The van der Waals surface area contributed by atoms with Gasteiger partial charge in [-0.1, -0.05) is 26.7 Å². The molecule has 1 aliphatic carbocycles. The zero-order chi connectivity index (χ0) is 11.4. The van der Waals surface area contributed by atoms with Gasteiger partial charge in [-0.2, -0.15) is 0 Å². The van der Waals surface area contributed by atoms with Crippen LogP contribution in [0.1, 0.15) is 46.5 Å². The van der Waals surface area contributed by atoms with E-state index in [9.17, 15) is 0 Å².